The summed E-state index contributed by atoms with van der Waals surface area (Å²) in [6, 6.07) is 10.4. The van der Waals surface area contributed by atoms with Crippen LogP contribution in [0.5, 0.6) is 0 Å². The molecule has 0 aliphatic heterocycles. The Morgan fingerprint density at radius 1 is 1.17 bits per heavy atom. The van der Waals surface area contributed by atoms with E-state index in [4.69, 9.17) is 0 Å². The van der Waals surface area contributed by atoms with Crippen LogP contribution in [0.1, 0.15) is 6.92 Å². The second-order valence-electron chi connectivity index (χ2n) is 4.99. The van der Waals surface area contributed by atoms with Crippen molar-refractivity contribution < 1.29 is 4.39 Å². The summed E-state index contributed by atoms with van der Waals surface area (Å²) in [6.45, 7) is 2.67. The molecule has 1 aromatic carbocycles. The molecule has 2 heterocycles. The Hall–Kier alpha value is -2.54. The molecule has 0 atom stereocenters. The lowest BCUT2D eigenvalue weighted by Crippen LogP contribution is -2.05. The molecule has 24 heavy (non-hydrogen) atoms. The average molecular weight is 388 g/mol. The molecule has 0 fully saturated rings. The number of halogens is 2. The number of nitrogens with one attached hydrogen (secondary N) is 2. The molecule has 0 saturated heterocycles. The van der Waals surface area contributed by atoms with Crippen LogP contribution in [0.25, 0.3) is 11.3 Å². The zero-order valence-corrected chi connectivity index (χ0v) is 14.5. The standard InChI is InChI=1S/C17H15BrFN5/c1-2-21-17-23-15(11-4-3-7-20-10-11)9-16(24-17)22-12-5-6-13(18)14(19)8-12/h3-10H,2H2,1H3,(H2,21,22,23,24). The van der Waals surface area contributed by atoms with Crippen LogP contribution in [0.15, 0.2) is 53.3 Å². The van der Waals surface area contributed by atoms with E-state index in [0.717, 1.165) is 11.3 Å². The largest absolute Gasteiger partial charge is 0.354 e. The molecule has 0 saturated carbocycles. The summed E-state index contributed by atoms with van der Waals surface area (Å²) in [5.74, 6) is 0.730. The van der Waals surface area contributed by atoms with Gasteiger partial charge < -0.3 is 10.6 Å². The number of aromatic nitrogens is 3. The first-order valence-electron chi connectivity index (χ1n) is 7.41. The molecule has 0 amide bonds. The van der Waals surface area contributed by atoms with E-state index in [9.17, 15) is 4.39 Å². The zero-order chi connectivity index (χ0) is 16.9. The maximum atomic E-state index is 13.7. The van der Waals surface area contributed by atoms with Gasteiger partial charge in [0.05, 0.1) is 10.2 Å². The van der Waals surface area contributed by atoms with Crippen molar-refractivity contribution >= 4 is 33.4 Å². The maximum absolute atomic E-state index is 13.7. The molecule has 2 N–H and O–H groups in total. The van der Waals surface area contributed by atoms with Gasteiger partial charge in [-0.2, -0.15) is 4.98 Å². The van der Waals surface area contributed by atoms with E-state index in [2.05, 4.69) is 41.5 Å². The highest BCUT2D eigenvalue weighted by atomic mass is 79.9. The lowest BCUT2D eigenvalue weighted by Gasteiger charge is -2.11. The smallest absolute Gasteiger partial charge is 0.225 e. The van der Waals surface area contributed by atoms with Gasteiger partial charge in [-0.3, -0.25) is 4.98 Å². The summed E-state index contributed by atoms with van der Waals surface area (Å²) in [5, 5.41) is 6.21. The van der Waals surface area contributed by atoms with E-state index in [1.807, 2.05) is 19.1 Å². The van der Waals surface area contributed by atoms with Crippen molar-refractivity contribution in [2.24, 2.45) is 0 Å². The summed E-state index contributed by atoms with van der Waals surface area (Å²) in [6.07, 6.45) is 3.45. The molecule has 0 spiro atoms. The van der Waals surface area contributed by atoms with Gasteiger partial charge in [0.2, 0.25) is 5.95 Å². The van der Waals surface area contributed by atoms with Crippen LogP contribution < -0.4 is 10.6 Å². The number of pyridine rings is 1. The number of rotatable bonds is 5. The summed E-state index contributed by atoms with van der Waals surface area (Å²) in [7, 11) is 0. The second kappa shape index (κ2) is 7.35. The van der Waals surface area contributed by atoms with Crippen LogP contribution in [-0.2, 0) is 0 Å². The van der Waals surface area contributed by atoms with Gasteiger partial charge in [0.25, 0.3) is 0 Å². The van der Waals surface area contributed by atoms with Crippen molar-refractivity contribution in [3.63, 3.8) is 0 Å². The lowest BCUT2D eigenvalue weighted by molar-refractivity contribution is 0.622. The van der Waals surface area contributed by atoms with Gasteiger partial charge in [-0.05, 0) is 53.2 Å². The Kier molecular flexibility index (Phi) is 5.00. The van der Waals surface area contributed by atoms with E-state index >= 15 is 0 Å². The topological polar surface area (TPSA) is 62.7 Å². The molecular formula is C17H15BrFN5. The summed E-state index contributed by atoms with van der Waals surface area (Å²) in [4.78, 5) is 13.0. The van der Waals surface area contributed by atoms with E-state index in [0.29, 0.717) is 28.5 Å². The van der Waals surface area contributed by atoms with Crippen LogP contribution >= 0.6 is 15.9 Å². The molecule has 0 radical (unpaired) electrons. The minimum absolute atomic E-state index is 0.339. The Bertz CT molecular complexity index is 842. The molecule has 7 heteroatoms. The Balaban J connectivity index is 1.97. The molecule has 122 valence electrons. The minimum atomic E-state index is -0.339. The Morgan fingerprint density at radius 3 is 2.75 bits per heavy atom. The molecule has 0 bridgehead atoms. The molecule has 3 rings (SSSR count). The van der Waals surface area contributed by atoms with Crippen LogP contribution in [-0.4, -0.2) is 21.5 Å². The number of hydrogen-bond donors (Lipinski definition) is 2. The lowest BCUT2D eigenvalue weighted by atomic mass is 10.2. The van der Waals surface area contributed by atoms with Gasteiger partial charge in [-0.25, -0.2) is 9.37 Å². The molecule has 2 aromatic heterocycles. The number of nitrogens with zero attached hydrogens (tertiary/aromatic N) is 3. The highest BCUT2D eigenvalue weighted by Crippen LogP contribution is 2.25. The third kappa shape index (κ3) is 3.86. The van der Waals surface area contributed by atoms with E-state index in [-0.39, 0.29) is 5.82 Å². The highest BCUT2D eigenvalue weighted by molar-refractivity contribution is 9.10. The summed E-state index contributed by atoms with van der Waals surface area (Å²) < 4.78 is 14.1. The van der Waals surface area contributed by atoms with Crippen LogP contribution in [0.4, 0.5) is 21.8 Å². The fraction of sp³-hybridized carbons (Fsp3) is 0.118. The van der Waals surface area contributed by atoms with E-state index in [1.54, 1.807) is 30.6 Å². The fourth-order valence-corrected chi connectivity index (χ4v) is 2.38. The first kappa shape index (κ1) is 16.3. The predicted octanol–water partition coefficient (Wildman–Crippen LogP) is 4.62. The molecule has 5 nitrogen and oxygen atoms in total. The molecule has 0 aliphatic rings. The molecular weight excluding hydrogens is 373 g/mol. The molecule has 0 unspecified atom stereocenters. The van der Waals surface area contributed by atoms with Crippen molar-refractivity contribution in [2.45, 2.75) is 6.92 Å². The van der Waals surface area contributed by atoms with Gasteiger partial charge >= 0.3 is 0 Å². The number of hydrogen-bond acceptors (Lipinski definition) is 5. The van der Waals surface area contributed by atoms with Gasteiger partial charge in [-0.1, -0.05) is 0 Å². The van der Waals surface area contributed by atoms with Crippen molar-refractivity contribution in [3.8, 4) is 11.3 Å². The fourth-order valence-electron chi connectivity index (χ4n) is 2.13. The zero-order valence-electron chi connectivity index (χ0n) is 12.9. The van der Waals surface area contributed by atoms with Crippen LogP contribution in [0, 0.1) is 5.82 Å². The minimum Gasteiger partial charge on any atom is -0.354 e. The SMILES string of the molecule is CCNc1nc(Nc2ccc(Br)c(F)c2)cc(-c2cccnc2)n1. The third-order valence-electron chi connectivity index (χ3n) is 3.21. The quantitative estimate of drug-likeness (QED) is 0.668. The van der Waals surface area contributed by atoms with Gasteiger partial charge in [0.15, 0.2) is 0 Å². The summed E-state index contributed by atoms with van der Waals surface area (Å²) >= 11 is 3.14. The Morgan fingerprint density at radius 2 is 2.04 bits per heavy atom. The third-order valence-corrected chi connectivity index (χ3v) is 3.85. The predicted molar refractivity (Wildman–Crippen MR) is 96.8 cm³/mol. The van der Waals surface area contributed by atoms with Gasteiger partial charge in [-0.15, -0.1) is 0 Å². The maximum Gasteiger partial charge on any atom is 0.225 e. The normalized spacial score (nSPS) is 10.5. The number of anilines is 3. The monoisotopic (exact) mass is 387 g/mol. The highest BCUT2D eigenvalue weighted by Gasteiger charge is 2.08. The van der Waals surface area contributed by atoms with Crippen molar-refractivity contribution in [1.29, 1.82) is 0 Å². The molecule has 3 aromatic rings. The Labute approximate surface area is 147 Å². The van der Waals surface area contributed by atoms with Crippen LogP contribution in [0.3, 0.4) is 0 Å². The van der Waals surface area contributed by atoms with Gasteiger partial charge in [0, 0.05) is 36.3 Å². The van der Waals surface area contributed by atoms with Crippen molar-refractivity contribution in [3.05, 3.63) is 59.1 Å². The van der Waals surface area contributed by atoms with Crippen molar-refractivity contribution in [1.82, 2.24) is 15.0 Å². The van der Waals surface area contributed by atoms with E-state index < -0.39 is 0 Å². The van der Waals surface area contributed by atoms with Gasteiger partial charge in [0.1, 0.15) is 11.6 Å². The van der Waals surface area contributed by atoms with Crippen molar-refractivity contribution in [2.75, 3.05) is 17.2 Å². The first-order chi connectivity index (χ1) is 11.7. The average Bonchev–Trinajstić information content (AvgIpc) is 2.59. The second-order valence-corrected chi connectivity index (χ2v) is 5.84. The number of benzene rings is 1. The first-order valence-corrected chi connectivity index (χ1v) is 8.20. The van der Waals surface area contributed by atoms with E-state index in [1.165, 1.54) is 6.07 Å². The molecule has 0 aliphatic carbocycles. The summed E-state index contributed by atoms with van der Waals surface area (Å²) in [5.41, 5.74) is 2.22. The van der Waals surface area contributed by atoms with Crippen LogP contribution in [0.2, 0.25) is 0 Å².